The van der Waals surface area contributed by atoms with Crippen LogP contribution in [0.5, 0.6) is 0 Å². The highest BCUT2D eigenvalue weighted by Crippen LogP contribution is 2.65. The molecule has 1 aliphatic rings. The summed E-state index contributed by atoms with van der Waals surface area (Å²) in [6.45, 7) is 2.42. The third-order valence-electron chi connectivity index (χ3n) is 4.39. The van der Waals surface area contributed by atoms with Crippen molar-refractivity contribution in [2.24, 2.45) is 0 Å². The molecule has 1 N–H and O–H groups in total. The lowest BCUT2D eigenvalue weighted by Gasteiger charge is -2.25. The van der Waals surface area contributed by atoms with Crippen LogP contribution in [0.15, 0.2) is 12.1 Å². The van der Waals surface area contributed by atoms with Gasteiger partial charge in [0.1, 0.15) is 4.88 Å². The Labute approximate surface area is 161 Å². The second-order valence-electron chi connectivity index (χ2n) is 6.10. The molecule has 0 spiro atoms. The number of halogens is 6. The quantitative estimate of drug-likeness (QED) is 0.485. The van der Waals surface area contributed by atoms with E-state index in [1.807, 2.05) is 0 Å². The van der Waals surface area contributed by atoms with Gasteiger partial charge in [-0.15, -0.1) is 22.7 Å². The Bertz CT molecular complexity index is 1030. The monoisotopic (exact) mass is 440 g/mol. The Morgan fingerprint density at radius 2 is 1.39 bits per heavy atom. The van der Waals surface area contributed by atoms with Gasteiger partial charge in [0.15, 0.2) is 6.29 Å². The highest BCUT2D eigenvalue weighted by atomic mass is 32.1. The van der Waals surface area contributed by atoms with Crippen LogP contribution in [0.4, 0.5) is 26.3 Å². The van der Waals surface area contributed by atoms with Crippen LogP contribution >= 0.6 is 22.7 Å². The molecule has 1 aliphatic carbocycles. The van der Waals surface area contributed by atoms with Gasteiger partial charge in [0.25, 0.3) is 0 Å². The fourth-order valence-electron chi connectivity index (χ4n) is 3.08. The van der Waals surface area contributed by atoms with E-state index in [9.17, 15) is 35.9 Å². The molecule has 2 heterocycles. The van der Waals surface area contributed by atoms with Crippen molar-refractivity contribution in [3.05, 3.63) is 42.8 Å². The van der Waals surface area contributed by atoms with Crippen molar-refractivity contribution in [2.75, 3.05) is 0 Å². The van der Waals surface area contributed by atoms with Crippen molar-refractivity contribution in [2.45, 2.75) is 31.6 Å². The van der Waals surface area contributed by atoms with Crippen molar-refractivity contribution in [3.8, 4) is 0 Å². The molecule has 150 valence electrons. The van der Waals surface area contributed by atoms with E-state index in [-0.39, 0.29) is 14.6 Å². The minimum Gasteiger partial charge on any atom is -0.477 e. The zero-order valence-corrected chi connectivity index (χ0v) is 15.7. The van der Waals surface area contributed by atoms with Gasteiger partial charge in [0.05, 0.1) is 4.88 Å². The summed E-state index contributed by atoms with van der Waals surface area (Å²) in [7, 11) is 0. The second kappa shape index (κ2) is 6.18. The maximum absolute atomic E-state index is 14.6. The van der Waals surface area contributed by atoms with Crippen LogP contribution in [-0.4, -0.2) is 35.1 Å². The summed E-state index contributed by atoms with van der Waals surface area (Å²) in [5.41, 5.74) is -4.49. The number of hydrogen-bond acceptors (Lipinski definition) is 4. The summed E-state index contributed by atoms with van der Waals surface area (Å²) in [4.78, 5) is 21.4. The molecule has 0 saturated heterocycles. The zero-order valence-electron chi connectivity index (χ0n) is 14.1. The predicted molar refractivity (Wildman–Crippen MR) is 92.1 cm³/mol. The largest absolute Gasteiger partial charge is 0.477 e. The molecule has 0 saturated carbocycles. The second-order valence-corrected chi connectivity index (χ2v) is 8.64. The maximum Gasteiger partial charge on any atom is 0.380 e. The van der Waals surface area contributed by atoms with Crippen LogP contribution < -0.4 is 0 Å². The van der Waals surface area contributed by atoms with Crippen molar-refractivity contribution >= 4 is 46.1 Å². The smallest absolute Gasteiger partial charge is 0.380 e. The number of rotatable bonds is 4. The molecule has 0 amide bonds. The van der Waals surface area contributed by atoms with Crippen LogP contribution in [0.2, 0.25) is 0 Å². The van der Waals surface area contributed by atoms with E-state index in [1.54, 1.807) is 0 Å². The van der Waals surface area contributed by atoms with E-state index >= 15 is 0 Å². The molecule has 0 aliphatic heterocycles. The van der Waals surface area contributed by atoms with Crippen LogP contribution in [0.3, 0.4) is 0 Å². The van der Waals surface area contributed by atoms with E-state index in [4.69, 9.17) is 5.11 Å². The Morgan fingerprint density at radius 3 is 1.79 bits per heavy atom. The minimum absolute atomic E-state index is 0.0193. The minimum atomic E-state index is -5.74. The van der Waals surface area contributed by atoms with E-state index in [1.165, 1.54) is 13.8 Å². The van der Waals surface area contributed by atoms with E-state index in [0.29, 0.717) is 35.0 Å². The first kappa shape index (κ1) is 20.6. The summed E-state index contributed by atoms with van der Waals surface area (Å²) >= 11 is 1.21. The average molecular weight is 440 g/mol. The van der Waals surface area contributed by atoms with Crippen LogP contribution in [0.1, 0.15) is 40.2 Å². The number of carboxylic acids is 1. The van der Waals surface area contributed by atoms with E-state index in [2.05, 4.69) is 0 Å². The molecule has 3 rings (SSSR count). The van der Waals surface area contributed by atoms with Crippen LogP contribution in [-0.2, 0) is 0 Å². The third kappa shape index (κ3) is 2.55. The van der Waals surface area contributed by atoms with Gasteiger partial charge in [-0.3, -0.25) is 4.79 Å². The number of allylic oxidation sites excluding steroid dienone is 2. The normalized spacial score (nSPS) is 19.9. The topological polar surface area (TPSA) is 54.4 Å². The van der Waals surface area contributed by atoms with Crippen molar-refractivity contribution in [1.29, 1.82) is 0 Å². The number of hydrogen-bond donors (Lipinski definition) is 1. The highest BCUT2D eigenvalue weighted by molar-refractivity contribution is 7.14. The molecule has 0 fully saturated rings. The summed E-state index contributed by atoms with van der Waals surface area (Å²) in [6.07, 6.45) is 0.295. The van der Waals surface area contributed by atoms with Gasteiger partial charge >= 0.3 is 23.7 Å². The van der Waals surface area contributed by atoms with Crippen LogP contribution in [0.25, 0.3) is 11.1 Å². The summed E-state index contributed by atoms with van der Waals surface area (Å²) in [5, 5.41) is 9.04. The molecule has 3 nitrogen and oxygen atoms in total. The molecule has 0 bridgehead atoms. The first-order valence-electron chi connectivity index (χ1n) is 7.56. The predicted octanol–water partition coefficient (Wildman–Crippen LogP) is 5.77. The van der Waals surface area contributed by atoms with Gasteiger partial charge in [-0.05, 0) is 37.1 Å². The fraction of sp³-hybridized carbons (Fsp3) is 0.294. The zero-order chi connectivity index (χ0) is 21.2. The molecule has 0 radical (unpaired) electrons. The maximum atomic E-state index is 14.6. The molecule has 2 aromatic rings. The van der Waals surface area contributed by atoms with Gasteiger partial charge in [0.2, 0.25) is 0 Å². The molecular formula is C17H10F6O3S2. The lowest BCUT2D eigenvalue weighted by atomic mass is 9.95. The molecule has 2 aromatic heterocycles. The molecule has 11 heteroatoms. The molecular weight excluding hydrogens is 430 g/mol. The van der Waals surface area contributed by atoms with Crippen molar-refractivity contribution in [1.82, 2.24) is 0 Å². The van der Waals surface area contributed by atoms with Gasteiger partial charge < -0.3 is 5.11 Å². The Balaban J connectivity index is 2.45. The molecule has 28 heavy (non-hydrogen) atoms. The average Bonchev–Trinajstić information content (AvgIpc) is 3.16. The van der Waals surface area contributed by atoms with Gasteiger partial charge in [-0.1, -0.05) is 0 Å². The third-order valence-corrected chi connectivity index (χ3v) is 6.40. The first-order valence-corrected chi connectivity index (χ1v) is 9.19. The Morgan fingerprint density at radius 1 is 0.929 bits per heavy atom. The molecule has 0 aromatic carbocycles. The number of aryl methyl sites for hydroxylation is 2. The first-order chi connectivity index (χ1) is 12.8. The Hall–Kier alpha value is -2.14. The van der Waals surface area contributed by atoms with Gasteiger partial charge in [0, 0.05) is 20.9 Å². The highest BCUT2D eigenvalue weighted by Gasteiger charge is 2.80. The van der Waals surface area contributed by atoms with E-state index < -0.39 is 50.9 Å². The fourth-order valence-corrected chi connectivity index (χ4v) is 4.79. The number of carboxylic acid groups (broad SMARTS) is 1. The summed E-state index contributed by atoms with van der Waals surface area (Å²) < 4.78 is 86.8. The SMILES string of the molecule is Cc1sc(C=O)cc1C1=C(c2cc(C(=O)O)sc2C)C(F)(F)C(F)(F)C1(F)F. The van der Waals surface area contributed by atoms with E-state index in [0.717, 1.165) is 6.07 Å². The van der Waals surface area contributed by atoms with Gasteiger partial charge in [-0.2, -0.15) is 26.3 Å². The van der Waals surface area contributed by atoms with Crippen molar-refractivity contribution in [3.63, 3.8) is 0 Å². The number of aromatic carboxylic acids is 1. The van der Waals surface area contributed by atoms with Gasteiger partial charge in [-0.25, -0.2) is 4.79 Å². The van der Waals surface area contributed by atoms with Crippen LogP contribution in [0, 0.1) is 13.8 Å². The molecule has 0 unspecified atom stereocenters. The Kier molecular flexibility index (Phi) is 4.54. The number of thiophene rings is 2. The number of aldehydes is 1. The number of carbonyl (C=O) groups excluding carboxylic acids is 1. The number of alkyl halides is 6. The molecule has 0 atom stereocenters. The lowest BCUT2D eigenvalue weighted by molar-refractivity contribution is -0.254. The summed E-state index contributed by atoms with van der Waals surface area (Å²) in [6, 6.07) is 1.54. The lowest BCUT2D eigenvalue weighted by Crippen LogP contribution is -2.48. The number of carbonyl (C=O) groups is 2. The standard InChI is InChI=1S/C17H10F6O3S2/c1-6-9(3-8(5-24)27-6)12-13(10-4-11(14(25)26)28-7(10)2)16(20,21)17(22,23)15(12,18)19/h3-5H,1-2H3,(H,25,26). The van der Waals surface area contributed by atoms with Crippen molar-refractivity contribution < 1.29 is 41.0 Å². The summed E-state index contributed by atoms with van der Waals surface area (Å²) in [5.74, 6) is -17.7.